The van der Waals surface area contributed by atoms with Crippen molar-refractivity contribution in [3.05, 3.63) is 59.2 Å². The third-order valence-corrected chi connectivity index (χ3v) is 3.62. The van der Waals surface area contributed by atoms with Gasteiger partial charge in [-0.15, -0.1) is 0 Å². The highest BCUT2D eigenvalue weighted by molar-refractivity contribution is 5.99. The van der Waals surface area contributed by atoms with Crippen LogP contribution in [0.15, 0.2) is 42.5 Å². The predicted octanol–water partition coefficient (Wildman–Crippen LogP) is 3.58. The summed E-state index contributed by atoms with van der Waals surface area (Å²) in [6.45, 7) is 3.14. The van der Waals surface area contributed by atoms with Gasteiger partial charge in [0.25, 0.3) is 0 Å². The van der Waals surface area contributed by atoms with E-state index in [4.69, 9.17) is 9.47 Å². The second-order valence-electron chi connectivity index (χ2n) is 5.26. The number of Topliss-reactive ketones (excluding diaryl/α,β-unsaturated/α-hetero) is 1. The summed E-state index contributed by atoms with van der Waals surface area (Å²) < 4.78 is 11.3. The van der Waals surface area contributed by atoms with Crippen LogP contribution in [0.1, 0.15) is 27.9 Å². The number of aryl methyl sites for hydroxylation is 1. The summed E-state index contributed by atoms with van der Waals surface area (Å²) in [6.07, 6.45) is 1.32. The molecule has 3 nitrogen and oxygen atoms in total. The molecule has 0 radical (unpaired) electrons. The van der Waals surface area contributed by atoms with Crippen molar-refractivity contribution in [2.75, 3.05) is 13.2 Å². The lowest BCUT2D eigenvalue weighted by Crippen LogP contribution is -2.15. The summed E-state index contributed by atoms with van der Waals surface area (Å²) in [5, 5.41) is 0. The van der Waals surface area contributed by atoms with Crippen LogP contribution in [0.25, 0.3) is 0 Å². The van der Waals surface area contributed by atoms with Crippen molar-refractivity contribution in [2.45, 2.75) is 19.8 Å². The number of benzene rings is 2. The van der Waals surface area contributed by atoms with Crippen molar-refractivity contribution < 1.29 is 14.3 Å². The Morgan fingerprint density at radius 3 is 2.76 bits per heavy atom. The minimum absolute atomic E-state index is 0.141. The molecule has 21 heavy (non-hydrogen) atoms. The number of carbonyl (C=O) groups excluding carboxylic acids is 1. The molecule has 3 heteroatoms. The first-order valence-corrected chi connectivity index (χ1v) is 7.21. The Labute approximate surface area is 124 Å². The molecule has 2 aromatic carbocycles. The first-order chi connectivity index (χ1) is 10.2. The molecule has 0 N–H and O–H groups in total. The zero-order chi connectivity index (χ0) is 14.7. The third kappa shape index (κ3) is 3.24. The van der Waals surface area contributed by atoms with E-state index < -0.39 is 0 Å². The lowest BCUT2D eigenvalue weighted by Gasteiger charge is -2.17. The molecule has 0 aliphatic carbocycles. The fraction of sp³-hybridized carbons (Fsp3) is 0.278. The van der Waals surface area contributed by atoms with Crippen molar-refractivity contribution >= 4 is 5.78 Å². The minimum atomic E-state index is 0.141. The monoisotopic (exact) mass is 282 g/mol. The Bertz CT molecular complexity index is 644. The smallest absolute Gasteiger partial charge is 0.169 e. The molecule has 2 aromatic rings. The number of ketones is 1. The van der Waals surface area contributed by atoms with Gasteiger partial charge in [-0.3, -0.25) is 4.79 Å². The molecule has 1 aliphatic rings. The molecule has 1 heterocycles. The van der Waals surface area contributed by atoms with Gasteiger partial charge in [-0.05, 0) is 24.6 Å². The molecule has 0 saturated carbocycles. The van der Waals surface area contributed by atoms with Crippen LogP contribution in [0.3, 0.4) is 0 Å². The summed E-state index contributed by atoms with van der Waals surface area (Å²) in [5.41, 5.74) is 3.17. The molecule has 3 rings (SSSR count). The number of fused-ring (bicyclic) bond motifs is 1. The average Bonchev–Trinajstić information content (AvgIpc) is 2.49. The van der Waals surface area contributed by atoms with E-state index in [9.17, 15) is 4.79 Å². The largest absolute Gasteiger partial charge is 0.493 e. The maximum absolute atomic E-state index is 11.7. The molecule has 0 saturated heterocycles. The second-order valence-corrected chi connectivity index (χ2v) is 5.26. The van der Waals surface area contributed by atoms with Gasteiger partial charge in [-0.1, -0.05) is 29.8 Å². The van der Waals surface area contributed by atoms with E-state index in [2.05, 4.69) is 31.2 Å². The Hall–Kier alpha value is -2.29. The van der Waals surface area contributed by atoms with E-state index in [0.717, 1.165) is 12.2 Å². The van der Waals surface area contributed by atoms with Crippen molar-refractivity contribution in [1.82, 2.24) is 0 Å². The van der Waals surface area contributed by atoms with Gasteiger partial charge in [0.15, 0.2) is 5.78 Å². The van der Waals surface area contributed by atoms with Gasteiger partial charge in [0.2, 0.25) is 0 Å². The van der Waals surface area contributed by atoms with Crippen molar-refractivity contribution in [3.63, 3.8) is 0 Å². The topological polar surface area (TPSA) is 35.5 Å². The number of rotatable bonds is 4. The quantitative estimate of drug-likeness (QED) is 0.859. The van der Waals surface area contributed by atoms with Crippen LogP contribution in [-0.4, -0.2) is 19.0 Å². The van der Waals surface area contributed by atoms with Crippen LogP contribution in [0.2, 0.25) is 0 Å². The highest BCUT2D eigenvalue weighted by Crippen LogP contribution is 2.29. The molecule has 1 aliphatic heterocycles. The summed E-state index contributed by atoms with van der Waals surface area (Å²) in [5.74, 6) is 1.53. The van der Waals surface area contributed by atoms with Gasteiger partial charge in [0.05, 0.1) is 18.8 Å². The van der Waals surface area contributed by atoms with E-state index in [1.165, 1.54) is 11.1 Å². The van der Waals surface area contributed by atoms with Crippen molar-refractivity contribution in [1.29, 1.82) is 0 Å². The minimum Gasteiger partial charge on any atom is -0.493 e. The molecular weight excluding hydrogens is 264 g/mol. The van der Waals surface area contributed by atoms with Crippen LogP contribution in [0, 0.1) is 6.92 Å². The highest BCUT2D eigenvalue weighted by Gasteiger charge is 2.18. The van der Waals surface area contributed by atoms with E-state index in [-0.39, 0.29) is 5.78 Å². The molecule has 0 aromatic heterocycles. The maximum Gasteiger partial charge on any atom is 0.169 e. The van der Waals surface area contributed by atoms with Crippen molar-refractivity contribution in [2.24, 2.45) is 0 Å². The van der Waals surface area contributed by atoms with Gasteiger partial charge in [0.1, 0.15) is 11.5 Å². The van der Waals surface area contributed by atoms with Crippen molar-refractivity contribution in [3.8, 4) is 11.5 Å². The molecule has 0 bridgehead atoms. The van der Waals surface area contributed by atoms with Gasteiger partial charge < -0.3 is 9.47 Å². The summed E-state index contributed by atoms with van der Waals surface area (Å²) in [7, 11) is 0. The van der Waals surface area contributed by atoms with E-state index >= 15 is 0 Å². The fourth-order valence-corrected chi connectivity index (χ4v) is 2.37. The van der Waals surface area contributed by atoms with Crippen LogP contribution in [0.4, 0.5) is 0 Å². The Kier molecular flexibility index (Phi) is 3.91. The fourth-order valence-electron chi connectivity index (χ4n) is 2.37. The maximum atomic E-state index is 11.7. The molecule has 0 fully saturated rings. The zero-order valence-electron chi connectivity index (χ0n) is 12.1. The van der Waals surface area contributed by atoms with Crippen LogP contribution < -0.4 is 9.47 Å². The van der Waals surface area contributed by atoms with Gasteiger partial charge in [0, 0.05) is 18.9 Å². The number of ether oxygens (including phenoxy) is 2. The van der Waals surface area contributed by atoms with Gasteiger partial charge in [-0.25, -0.2) is 0 Å². The van der Waals surface area contributed by atoms with Crippen LogP contribution in [-0.2, 0) is 6.42 Å². The third-order valence-electron chi connectivity index (χ3n) is 3.62. The van der Waals surface area contributed by atoms with Gasteiger partial charge in [-0.2, -0.15) is 0 Å². The van der Waals surface area contributed by atoms with Crippen LogP contribution in [0.5, 0.6) is 11.5 Å². The summed E-state index contributed by atoms with van der Waals surface area (Å²) in [6, 6.07) is 13.9. The van der Waals surface area contributed by atoms with E-state index in [1.807, 2.05) is 12.1 Å². The Morgan fingerprint density at radius 1 is 1.14 bits per heavy atom. The van der Waals surface area contributed by atoms with E-state index in [0.29, 0.717) is 30.9 Å². The zero-order valence-corrected chi connectivity index (χ0v) is 12.1. The molecule has 0 amide bonds. The normalized spacial score (nSPS) is 13.5. The SMILES string of the molecule is Cc1ccc(CCOc2ccc3c(c2)OCCC3=O)cc1. The Balaban J connectivity index is 1.61. The Morgan fingerprint density at radius 2 is 1.95 bits per heavy atom. The predicted molar refractivity (Wildman–Crippen MR) is 81.3 cm³/mol. The lowest BCUT2D eigenvalue weighted by atomic mass is 10.1. The number of hydrogen-bond acceptors (Lipinski definition) is 3. The molecule has 0 unspecified atom stereocenters. The number of carbonyl (C=O) groups is 1. The second kappa shape index (κ2) is 6.00. The lowest BCUT2D eigenvalue weighted by molar-refractivity contribution is 0.0933. The molecule has 0 spiro atoms. The first kappa shape index (κ1) is 13.7. The van der Waals surface area contributed by atoms with Gasteiger partial charge >= 0.3 is 0 Å². The van der Waals surface area contributed by atoms with E-state index in [1.54, 1.807) is 6.07 Å². The molecule has 0 atom stereocenters. The summed E-state index contributed by atoms with van der Waals surface area (Å²) in [4.78, 5) is 11.7. The molecular formula is C18H18O3. The first-order valence-electron chi connectivity index (χ1n) is 7.21. The average molecular weight is 282 g/mol. The standard InChI is InChI=1S/C18H18O3/c1-13-2-4-14(5-3-13)8-10-20-15-6-7-16-17(19)9-11-21-18(16)12-15/h2-7,12H,8-11H2,1H3. The molecule has 108 valence electrons. The summed E-state index contributed by atoms with van der Waals surface area (Å²) >= 11 is 0. The number of hydrogen-bond donors (Lipinski definition) is 0. The highest BCUT2D eigenvalue weighted by atomic mass is 16.5. The van der Waals surface area contributed by atoms with Crippen LogP contribution >= 0.6 is 0 Å².